The van der Waals surface area contributed by atoms with Gasteiger partial charge in [-0.15, -0.1) is 18.2 Å². The SMILES string of the molecule is Cc1ccc(C(=O)N(C(=O)c2ccccc2)c2c[c-]c(F)cc2)cc1.[Ti]. The van der Waals surface area contributed by atoms with Crippen LogP contribution in [0.2, 0.25) is 0 Å². The zero-order valence-electron chi connectivity index (χ0n) is 14.1. The molecule has 128 valence electrons. The minimum atomic E-state index is -0.557. The molecule has 0 aliphatic heterocycles. The van der Waals surface area contributed by atoms with E-state index in [1.807, 2.05) is 6.92 Å². The largest absolute Gasteiger partial charge is 0.298 e. The number of imide groups is 1. The molecule has 5 heteroatoms. The van der Waals surface area contributed by atoms with Crippen molar-refractivity contribution in [3.8, 4) is 0 Å². The van der Waals surface area contributed by atoms with E-state index in [0.29, 0.717) is 11.1 Å². The smallest absolute Gasteiger partial charge is 0.254 e. The Hall–Kier alpha value is -2.56. The van der Waals surface area contributed by atoms with Crippen molar-refractivity contribution in [1.82, 2.24) is 0 Å². The summed E-state index contributed by atoms with van der Waals surface area (Å²) in [5, 5.41) is 0. The molecule has 0 spiro atoms. The molecule has 0 atom stereocenters. The zero-order chi connectivity index (χ0) is 17.8. The quantitative estimate of drug-likeness (QED) is 0.383. The second kappa shape index (κ2) is 8.70. The first-order valence-corrected chi connectivity index (χ1v) is 7.74. The Bertz CT molecular complexity index is 894. The van der Waals surface area contributed by atoms with Crippen LogP contribution in [0.1, 0.15) is 26.3 Å². The third kappa shape index (κ3) is 4.34. The number of carbonyl (C=O) groups excluding carboxylic acids is 2. The van der Waals surface area contributed by atoms with Crippen LogP contribution in [-0.2, 0) is 21.7 Å². The molecule has 3 aromatic carbocycles. The Morgan fingerprint density at radius 2 is 1.42 bits per heavy atom. The maximum absolute atomic E-state index is 13.2. The van der Waals surface area contributed by atoms with Gasteiger partial charge < -0.3 is 0 Å². The maximum Gasteiger partial charge on any atom is 0.254 e. The molecule has 0 aliphatic rings. The van der Waals surface area contributed by atoms with Crippen molar-refractivity contribution in [2.45, 2.75) is 6.92 Å². The predicted molar refractivity (Wildman–Crippen MR) is 94.0 cm³/mol. The van der Waals surface area contributed by atoms with Gasteiger partial charge in [0.2, 0.25) is 0 Å². The van der Waals surface area contributed by atoms with E-state index < -0.39 is 17.6 Å². The van der Waals surface area contributed by atoms with Crippen LogP contribution in [0.5, 0.6) is 0 Å². The van der Waals surface area contributed by atoms with E-state index in [1.54, 1.807) is 54.6 Å². The molecule has 3 nitrogen and oxygen atoms in total. The normalized spacial score (nSPS) is 9.92. The summed E-state index contributed by atoms with van der Waals surface area (Å²) in [6.07, 6.45) is 0. The first kappa shape index (κ1) is 19.8. The summed E-state index contributed by atoms with van der Waals surface area (Å²) in [5.74, 6) is -1.52. The predicted octanol–water partition coefficient (Wildman–Crippen LogP) is 4.42. The van der Waals surface area contributed by atoms with Crippen molar-refractivity contribution < 1.29 is 35.7 Å². The number of rotatable bonds is 3. The topological polar surface area (TPSA) is 37.4 Å². The summed E-state index contributed by atoms with van der Waals surface area (Å²) in [6, 6.07) is 21.7. The van der Waals surface area contributed by atoms with E-state index in [0.717, 1.165) is 10.5 Å². The molecule has 3 rings (SSSR count). The number of amides is 2. The van der Waals surface area contributed by atoms with Gasteiger partial charge >= 0.3 is 0 Å². The fraction of sp³-hybridized carbons (Fsp3) is 0.0476. The van der Waals surface area contributed by atoms with E-state index in [2.05, 4.69) is 6.07 Å². The average molecular weight is 380 g/mol. The monoisotopic (exact) mass is 380 g/mol. The number of halogens is 1. The molecular formula is C21H15FNO2Ti-. The van der Waals surface area contributed by atoms with E-state index in [9.17, 15) is 14.0 Å². The Morgan fingerprint density at radius 1 is 0.846 bits per heavy atom. The van der Waals surface area contributed by atoms with Crippen molar-refractivity contribution in [2.75, 3.05) is 4.90 Å². The van der Waals surface area contributed by atoms with Crippen LogP contribution in [0.3, 0.4) is 0 Å². The van der Waals surface area contributed by atoms with Gasteiger partial charge in [-0.2, -0.15) is 6.07 Å². The fourth-order valence-electron chi connectivity index (χ4n) is 2.40. The number of hydrogen-bond donors (Lipinski definition) is 0. The van der Waals surface area contributed by atoms with Crippen molar-refractivity contribution in [3.05, 3.63) is 101 Å². The minimum absolute atomic E-state index is 0. The van der Waals surface area contributed by atoms with Gasteiger partial charge in [0.15, 0.2) is 0 Å². The van der Waals surface area contributed by atoms with Crippen molar-refractivity contribution in [1.29, 1.82) is 0 Å². The second-order valence-electron chi connectivity index (χ2n) is 5.57. The molecule has 0 aliphatic carbocycles. The van der Waals surface area contributed by atoms with Crippen LogP contribution < -0.4 is 4.90 Å². The summed E-state index contributed by atoms with van der Waals surface area (Å²) < 4.78 is 13.2. The molecule has 0 saturated carbocycles. The van der Waals surface area contributed by atoms with Crippen LogP contribution in [0, 0.1) is 18.8 Å². The van der Waals surface area contributed by atoms with Crippen LogP contribution in [-0.4, -0.2) is 11.8 Å². The minimum Gasteiger partial charge on any atom is -0.298 e. The van der Waals surface area contributed by atoms with Crippen LogP contribution in [0.4, 0.5) is 10.1 Å². The van der Waals surface area contributed by atoms with E-state index in [-0.39, 0.29) is 27.4 Å². The van der Waals surface area contributed by atoms with E-state index >= 15 is 0 Å². The molecule has 0 bridgehead atoms. The van der Waals surface area contributed by atoms with Gasteiger partial charge in [-0.3, -0.25) is 14.5 Å². The molecule has 3 aromatic rings. The number of carbonyl (C=O) groups is 2. The Balaban J connectivity index is 0.00000243. The summed E-state index contributed by atoms with van der Waals surface area (Å²) in [5.41, 5.74) is 2.01. The number of hydrogen-bond acceptors (Lipinski definition) is 2. The van der Waals surface area contributed by atoms with Crippen molar-refractivity contribution in [3.63, 3.8) is 0 Å². The van der Waals surface area contributed by atoms with Crippen LogP contribution in [0.15, 0.2) is 72.8 Å². The Morgan fingerprint density at radius 3 is 1.96 bits per heavy atom. The summed E-state index contributed by atoms with van der Waals surface area (Å²) >= 11 is 0. The number of benzene rings is 3. The standard InChI is InChI=1S/C21H15FNO2.Ti/c1-15-7-9-17(10-8-15)21(25)23(19-13-11-18(22)12-14-19)20(24)16-5-3-2-4-6-16;/h2-11,13-14H,1H3;/q-1;. The van der Waals surface area contributed by atoms with Gasteiger partial charge in [0, 0.05) is 38.7 Å². The second-order valence-corrected chi connectivity index (χ2v) is 5.57. The van der Waals surface area contributed by atoms with E-state index in [4.69, 9.17) is 0 Å². The van der Waals surface area contributed by atoms with Gasteiger partial charge in [0.25, 0.3) is 11.8 Å². The van der Waals surface area contributed by atoms with Crippen molar-refractivity contribution >= 4 is 17.5 Å². The molecule has 0 heterocycles. The molecule has 2 amide bonds. The molecule has 0 saturated heterocycles. The molecule has 26 heavy (non-hydrogen) atoms. The average Bonchev–Trinajstić information content (AvgIpc) is 2.64. The van der Waals surface area contributed by atoms with Gasteiger partial charge in [-0.05, 0) is 31.2 Å². The zero-order valence-corrected chi connectivity index (χ0v) is 15.6. The number of anilines is 1. The van der Waals surface area contributed by atoms with Crippen LogP contribution in [0.25, 0.3) is 0 Å². The summed E-state index contributed by atoms with van der Waals surface area (Å²) in [7, 11) is 0. The fourth-order valence-corrected chi connectivity index (χ4v) is 2.40. The van der Waals surface area contributed by atoms with Gasteiger partial charge in [0.1, 0.15) is 0 Å². The van der Waals surface area contributed by atoms with E-state index in [1.165, 1.54) is 18.2 Å². The molecular weight excluding hydrogens is 365 g/mol. The molecule has 0 radical (unpaired) electrons. The van der Waals surface area contributed by atoms with Crippen LogP contribution >= 0.6 is 0 Å². The first-order valence-electron chi connectivity index (χ1n) is 7.74. The first-order chi connectivity index (χ1) is 12.1. The van der Waals surface area contributed by atoms with Gasteiger partial charge in [-0.1, -0.05) is 41.6 Å². The van der Waals surface area contributed by atoms with Gasteiger partial charge in [0.05, 0.1) is 0 Å². The number of nitrogens with zero attached hydrogens (tertiary/aromatic N) is 1. The third-order valence-electron chi connectivity index (χ3n) is 3.74. The Labute approximate surface area is 166 Å². The maximum atomic E-state index is 13.2. The summed E-state index contributed by atoms with van der Waals surface area (Å²) in [4.78, 5) is 26.9. The number of aryl methyl sites for hydroxylation is 1. The third-order valence-corrected chi connectivity index (χ3v) is 3.74. The van der Waals surface area contributed by atoms with Crippen molar-refractivity contribution in [2.24, 2.45) is 0 Å². The molecule has 0 N–H and O–H groups in total. The Kier molecular flexibility index (Phi) is 6.61. The van der Waals surface area contributed by atoms with Gasteiger partial charge in [-0.25, -0.2) is 4.39 Å². The molecule has 0 unspecified atom stereocenters. The molecule has 0 aromatic heterocycles. The summed E-state index contributed by atoms with van der Waals surface area (Å²) in [6.45, 7) is 1.91. The molecule has 0 fully saturated rings.